The summed E-state index contributed by atoms with van der Waals surface area (Å²) >= 11 is 0. The van der Waals surface area contributed by atoms with E-state index in [4.69, 9.17) is 14.2 Å². The molecule has 0 N–H and O–H groups in total. The second-order valence-electron chi connectivity index (χ2n) is 7.51. The Labute approximate surface area is 172 Å². The highest BCUT2D eigenvalue weighted by molar-refractivity contribution is 5.35. The van der Waals surface area contributed by atoms with E-state index in [1.54, 1.807) is 24.3 Å². The maximum atomic E-state index is 14.1. The van der Waals surface area contributed by atoms with Crippen molar-refractivity contribution in [3.05, 3.63) is 89.7 Å². The molecule has 0 saturated carbocycles. The van der Waals surface area contributed by atoms with Gasteiger partial charge in [0.2, 0.25) is 0 Å². The zero-order chi connectivity index (χ0) is 20.7. The molecule has 0 saturated heterocycles. The van der Waals surface area contributed by atoms with Crippen molar-refractivity contribution >= 4 is 0 Å². The van der Waals surface area contributed by atoms with E-state index in [9.17, 15) is 4.39 Å². The van der Waals surface area contributed by atoms with Gasteiger partial charge in [0, 0.05) is 5.41 Å². The number of rotatable bonds is 9. The van der Waals surface area contributed by atoms with Gasteiger partial charge in [0.25, 0.3) is 0 Å². The summed E-state index contributed by atoms with van der Waals surface area (Å²) in [5.74, 6) is 1.27. The maximum Gasteiger partial charge on any atom is 0.165 e. The monoisotopic (exact) mass is 394 g/mol. The normalized spacial score (nSPS) is 11.3. The molecule has 0 heterocycles. The number of hydrogen-bond donors (Lipinski definition) is 0. The SMILES string of the molecule is CCOc1ccc(C(C)(C)COCc2ccc(F)c(Oc3ccccc3)c2)cc1. The van der Waals surface area contributed by atoms with Crippen molar-refractivity contribution in [2.45, 2.75) is 32.8 Å². The first-order valence-corrected chi connectivity index (χ1v) is 9.80. The van der Waals surface area contributed by atoms with E-state index in [2.05, 4.69) is 26.0 Å². The first kappa shape index (κ1) is 20.9. The molecule has 0 aliphatic heterocycles. The second kappa shape index (κ2) is 9.57. The van der Waals surface area contributed by atoms with Crippen LogP contribution in [0.4, 0.5) is 4.39 Å². The van der Waals surface area contributed by atoms with Crippen molar-refractivity contribution in [2.75, 3.05) is 13.2 Å². The Morgan fingerprint density at radius 2 is 1.59 bits per heavy atom. The Morgan fingerprint density at radius 1 is 0.862 bits per heavy atom. The third kappa shape index (κ3) is 5.81. The van der Waals surface area contributed by atoms with Crippen molar-refractivity contribution in [3.8, 4) is 17.2 Å². The third-order valence-corrected chi connectivity index (χ3v) is 4.65. The number of para-hydroxylation sites is 1. The van der Waals surface area contributed by atoms with E-state index >= 15 is 0 Å². The maximum absolute atomic E-state index is 14.1. The lowest BCUT2D eigenvalue weighted by molar-refractivity contribution is 0.0823. The van der Waals surface area contributed by atoms with Crippen LogP contribution in [0, 0.1) is 5.82 Å². The van der Waals surface area contributed by atoms with Crippen LogP contribution in [0.15, 0.2) is 72.8 Å². The molecule has 0 bridgehead atoms. The predicted molar refractivity (Wildman–Crippen MR) is 113 cm³/mol. The fraction of sp³-hybridized carbons (Fsp3) is 0.280. The van der Waals surface area contributed by atoms with Crippen LogP contribution in [-0.4, -0.2) is 13.2 Å². The minimum Gasteiger partial charge on any atom is -0.494 e. The highest BCUT2D eigenvalue weighted by Crippen LogP contribution is 2.28. The summed E-state index contributed by atoms with van der Waals surface area (Å²) < 4.78 is 31.2. The largest absolute Gasteiger partial charge is 0.494 e. The Bertz CT molecular complexity index is 905. The van der Waals surface area contributed by atoms with Crippen molar-refractivity contribution in [1.82, 2.24) is 0 Å². The van der Waals surface area contributed by atoms with Gasteiger partial charge in [-0.1, -0.05) is 50.2 Å². The number of benzene rings is 3. The molecule has 0 fully saturated rings. The standard InChI is InChI=1S/C25H27FO3/c1-4-28-21-13-11-20(12-14-21)25(2,3)18-27-17-19-10-15-23(26)24(16-19)29-22-8-6-5-7-9-22/h5-16H,4,17-18H2,1-3H3. The van der Waals surface area contributed by atoms with E-state index in [1.807, 2.05) is 37.3 Å². The highest BCUT2D eigenvalue weighted by atomic mass is 19.1. The Kier molecular flexibility index (Phi) is 6.89. The van der Waals surface area contributed by atoms with Crippen molar-refractivity contribution < 1.29 is 18.6 Å². The zero-order valence-electron chi connectivity index (χ0n) is 17.2. The summed E-state index contributed by atoms with van der Waals surface area (Å²) in [4.78, 5) is 0. The van der Waals surface area contributed by atoms with E-state index in [0.717, 1.165) is 11.3 Å². The topological polar surface area (TPSA) is 27.7 Å². The fourth-order valence-corrected chi connectivity index (χ4v) is 3.01. The Hall–Kier alpha value is -2.85. The fourth-order valence-electron chi connectivity index (χ4n) is 3.01. The first-order chi connectivity index (χ1) is 14.0. The minimum absolute atomic E-state index is 0.159. The minimum atomic E-state index is -0.396. The summed E-state index contributed by atoms with van der Waals surface area (Å²) in [5, 5.41) is 0. The average Bonchev–Trinajstić information content (AvgIpc) is 2.72. The van der Waals surface area contributed by atoms with Gasteiger partial charge >= 0.3 is 0 Å². The summed E-state index contributed by atoms with van der Waals surface area (Å²) in [6.45, 7) is 7.81. The molecule has 0 atom stereocenters. The van der Waals surface area contributed by atoms with Crippen LogP contribution in [0.5, 0.6) is 17.2 Å². The molecule has 0 aliphatic carbocycles. The molecule has 0 radical (unpaired) electrons. The average molecular weight is 394 g/mol. The molecule has 4 heteroatoms. The molecule has 0 spiro atoms. The third-order valence-electron chi connectivity index (χ3n) is 4.65. The zero-order valence-corrected chi connectivity index (χ0v) is 17.2. The second-order valence-corrected chi connectivity index (χ2v) is 7.51. The molecule has 0 amide bonds. The number of ether oxygens (including phenoxy) is 3. The number of halogens is 1. The highest BCUT2D eigenvalue weighted by Gasteiger charge is 2.21. The van der Waals surface area contributed by atoms with Gasteiger partial charge in [-0.05, 0) is 54.4 Å². The molecule has 3 aromatic carbocycles. The molecule has 152 valence electrons. The van der Waals surface area contributed by atoms with Crippen molar-refractivity contribution in [1.29, 1.82) is 0 Å². The van der Waals surface area contributed by atoms with Gasteiger partial charge < -0.3 is 14.2 Å². The van der Waals surface area contributed by atoms with Gasteiger partial charge in [-0.2, -0.15) is 0 Å². The van der Waals surface area contributed by atoms with Gasteiger partial charge in [-0.3, -0.25) is 0 Å². The molecule has 0 unspecified atom stereocenters. The van der Waals surface area contributed by atoms with Gasteiger partial charge in [-0.25, -0.2) is 4.39 Å². The first-order valence-electron chi connectivity index (χ1n) is 9.80. The van der Waals surface area contributed by atoms with Gasteiger partial charge in [-0.15, -0.1) is 0 Å². The van der Waals surface area contributed by atoms with E-state index in [0.29, 0.717) is 25.6 Å². The van der Waals surface area contributed by atoms with Crippen LogP contribution in [-0.2, 0) is 16.8 Å². The molecule has 3 aromatic rings. The van der Waals surface area contributed by atoms with Crippen LogP contribution in [0.3, 0.4) is 0 Å². The molecule has 0 aromatic heterocycles. The molecular formula is C25H27FO3. The molecule has 3 rings (SSSR count). The van der Waals surface area contributed by atoms with Crippen LogP contribution in [0.2, 0.25) is 0 Å². The molecule has 0 aliphatic rings. The van der Waals surface area contributed by atoms with Gasteiger partial charge in [0.1, 0.15) is 11.5 Å². The lowest BCUT2D eigenvalue weighted by atomic mass is 9.85. The smallest absolute Gasteiger partial charge is 0.165 e. The molecule has 29 heavy (non-hydrogen) atoms. The van der Waals surface area contributed by atoms with Gasteiger partial charge in [0.05, 0.1) is 19.8 Å². The van der Waals surface area contributed by atoms with Crippen LogP contribution < -0.4 is 9.47 Å². The molecule has 3 nitrogen and oxygen atoms in total. The predicted octanol–water partition coefficient (Wildman–Crippen LogP) is 6.51. The quantitative estimate of drug-likeness (QED) is 0.414. The lowest BCUT2D eigenvalue weighted by Crippen LogP contribution is -2.24. The summed E-state index contributed by atoms with van der Waals surface area (Å²) in [6, 6.07) is 22.1. The van der Waals surface area contributed by atoms with Crippen LogP contribution in [0.25, 0.3) is 0 Å². The van der Waals surface area contributed by atoms with E-state index in [1.165, 1.54) is 11.6 Å². The van der Waals surface area contributed by atoms with Crippen LogP contribution in [0.1, 0.15) is 31.9 Å². The van der Waals surface area contributed by atoms with Crippen molar-refractivity contribution in [2.24, 2.45) is 0 Å². The summed E-state index contributed by atoms with van der Waals surface area (Å²) in [5.41, 5.74) is 1.88. The summed E-state index contributed by atoms with van der Waals surface area (Å²) in [7, 11) is 0. The van der Waals surface area contributed by atoms with E-state index in [-0.39, 0.29) is 11.2 Å². The Balaban J connectivity index is 1.60. The number of hydrogen-bond acceptors (Lipinski definition) is 3. The van der Waals surface area contributed by atoms with Gasteiger partial charge in [0.15, 0.2) is 11.6 Å². The Morgan fingerprint density at radius 3 is 2.28 bits per heavy atom. The summed E-state index contributed by atoms with van der Waals surface area (Å²) in [6.07, 6.45) is 0. The van der Waals surface area contributed by atoms with Crippen molar-refractivity contribution in [3.63, 3.8) is 0 Å². The molecular weight excluding hydrogens is 367 g/mol. The lowest BCUT2D eigenvalue weighted by Gasteiger charge is -2.25. The van der Waals surface area contributed by atoms with Crippen LogP contribution >= 0.6 is 0 Å². The van der Waals surface area contributed by atoms with E-state index < -0.39 is 5.82 Å².